The zero-order valence-corrected chi connectivity index (χ0v) is 16.7. The van der Waals surface area contributed by atoms with Crippen LogP contribution in [-0.2, 0) is 4.79 Å². The Morgan fingerprint density at radius 1 is 0.759 bits per heavy atom. The largest absolute Gasteiger partial charge is 0.390 e. The summed E-state index contributed by atoms with van der Waals surface area (Å²) in [7, 11) is 0. The van der Waals surface area contributed by atoms with Crippen molar-refractivity contribution in [2.45, 2.75) is 25.0 Å². The Labute approximate surface area is 172 Å². The van der Waals surface area contributed by atoms with Crippen molar-refractivity contribution in [3.8, 4) is 0 Å². The lowest BCUT2D eigenvalue weighted by atomic mass is 9.90. The molecule has 0 spiro atoms. The standard InChI is InChI=1S/C25H28N2O2/c1-19(20-11-5-2-6-12-20)26-17-23(28)18-27-25(29)24(21-13-7-3-8-14-21)22-15-9-4-10-16-22/h2-16,19,23-24,26,28H,17-18H2,1H3,(H,27,29)/t19-,23?/m0/s1. The van der Waals surface area contributed by atoms with Crippen LogP contribution < -0.4 is 10.6 Å². The molecule has 4 nitrogen and oxygen atoms in total. The van der Waals surface area contributed by atoms with Gasteiger partial charge >= 0.3 is 0 Å². The number of aliphatic hydroxyl groups excluding tert-OH is 1. The molecule has 2 atom stereocenters. The fraction of sp³-hybridized carbons (Fsp3) is 0.240. The van der Waals surface area contributed by atoms with E-state index in [1.807, 2.05) is 78.9 Å². The summed E-state index contributed by atoms with van der Waals surface area (Å²) in [4.78, 5) is 13.0. The molecule has 0 bridgehead atoms. The van der Waals surface area contributed by atoms with Crippen molar-refractivity contribution in [2.75, 3.05) is 13.1 Å². The van der Waals surface area contributed by atoms with Crippen molar-refractivity contribution in [1.29, 1.82) is 0 Å². The molecule has 0 heterocycles. The molecule has 29 heavy (non-hydrogen) atoms. The Hall–Kier alpha value is -2.95. The molecule has 0 aliphatic carbocycles. The lowest BCUT2D eigenvalue weighted by molar-refractivity contribution is -0.122. The molecule has 3 N–H and O–H groups in total. The summed E-state index contributed by atoms with van der Waals surface area (Å²) < 4.78 is 0. The quantitative estimate of drug-likeness (QED) is 0.524. The lowest BCUT2D eigenvalue weighted by Crippen LogP contribution is -2.40. The molecule has 0 fully saturated rings. The van der Waals surface area contributed by atoms with Crippen molar-refractivity contribution in [1.82, 2.24) is 10.6 Å². The molecule has 1 amide bonds. The first-order valence-electron chi connectivity index (χ1n) is 9.99. The number of carbonyl (C=O) groups is 1. The van der Waals surface area contributed by atoms with E-state index in [2.05, 4.69) is 29.7 Å². The Balaban J connectivity index is 1.57. The van der Waals surface area contributed by atoms with E-state index in [1.54, 1.807) is 0 Å². The van der Waals surface area contributed by atoms with Crippen molar-refractivity contribution >= 4 is 5.91 Å². The van der Waals surface area contributed by atoms with E-state index in [9.17, 15) is 9.90 Å². The van der Waals surface area contributed by atoms with Gasteiger partial charge in [-0.1, -0.05) is 91.0 Å². The van der Waals surface area contributed by atoms with E-state index in [4.69, 9.17) is 0 Å². The van der Waals surface area contributed by atoms with Crippen LogP contribution in [0.3, 0.4) is 0 Å². The number of nitrogens with one attached hydrogen (secondary N) is 2. The van der Waals surface area contributed by atoms with Crippen LogP contribution in [0.4, 0.5) is 0 Å². The van der Waals surface area contributed by atoms with Gasteiger partial charge in [-0.3, -0.25) is 4.79 Å². The maximum absolute atomic E-state index is 13.0. The molecule has 1 unspecified atom stereocenters. The van der Waals surface area contributed by atoms with Gasteiger partial charge in [-0.15, -0.1) is 0 Å². The molecule has 0 radical (unpaired) electrons. The van der Waals surface area contributed by atoms with Crippen LogP contribution in [0, 0.1) is 0 Å². The molecule has 0 aliphatic heterocycles. The van der Waals surface area contributed by atoms with Gasteiger partial charge < -0.3 is 15.7 Å². The lowest BCUT2D eigenvalue weighted by Gasteiger charge is -2.21. The minimum atomic E-state index is -0.669. The molecule has 0 aliphatic rings. The Morgan fingerprint density at radius 2 is 1.21 bits per heavy atom. The normalized spacial score (nSPS) is 13.1. The van der Waals surface area contributed by atoms with Crippen LogP contribution in [0.2, 0.25) is 0 Å². The molecule has 4 heteroatoms. The Bertz CT molecular complexity index is 830. The van der Waals surface area contributed by atoms with Gasteiger partial charge in [-0.05, 0) is 23.6 Å². The van der Waals surface area contributed by atoms with Crippen LogP contribution in [-0.4, -0.2) is 30.2 Å². The van der Waals surface area contributed by atoms with Crippen LogP contribution >= 0.6 is 0 Å². The smallest absolute Gasteiger partial charge is 0.232 e. The third-order valence-corrected chi connectivity index (χ3v) is 5.00. The fourth-order valence-corrected chi connectivity index (χ4v) is 3.35. The summed E-state index contributed by atoms with van der Waals surface area (Å²) in [5.74, 6) is -0.515. The molecular weight excluding hydrogens is 360 g/mol. The molecule has 3 aromatic rings. The van der Waals surface area contributed by atoms with E-state index < -0.39 is 12.0 Å². The van der Waals surface area contributed by atoms with Crippen molar-refractivity contribution < 1.29 is 9.90 Å². The van der Waals surface area contributed by atoms with E-state index in [0.717, 1.165) is 16.7 Å². The van der Waals surface area contributed by atoms with Gasteiger partial charge in [0.15, 0.2) is 0 Å². The molecule has 150 valence electrons. The number of carbonyl (C=O) groups excluding carboxylic acids is 1. The predicted molar refractivity (Wildman–Crippen MR) is 117 cm³/mol. The maximum atomic E-state index is 13.0. The summed E-state index contributed by atoms with van der Waals surface area (Å²) in [5, 5.41) is 16.6. The zero-order chi connectivity index (χ0) is 20.5. The molecule has 3 rings (SSSR count). The minimum Gasteiger partial charge on any atom is -0.390 e. The number of rotatable bonds is 9. The minimum absolute atomic E-state index is 0.113. The number of hydrogen-bond donors (Lipinski definition) is 3. The van der Waals surface area contributed by atoms with Gasteiger partial charge in [-0.25, -0.2) is 0 Å². The number of benzene rings is 3. The average Bonchev–Trinajstić information content (AvgIpc) is 2.78. The second kappa shape index (κ2) is 10.6. The Kier molecular flexibility index (Phi) is 7.56. The summed E-state index contributed by atoms with van der Waals surface area (Å²) >= 11 is 0. The average molecular weight is 389 g/mol. The first kappa shape index (κ1) is 20.8. The van der Waals surface area contributed by atoms with Crippen molar-refractivity contribution in [2.24, 2.45) is 0 Å². The summed E-state index contributed by atoms with van der Waals surface area (Å²) in [6.07, 6.45) is -0.669. The molecule has 3 aromatic carbocycles. The van der Waals surface area contributed by atoms with Gasteiger partial charge in [0.25, 0.3) is 0 Å². The molecular formula is C25H28N2O2. The number of hydrogen-bond acceptors (Lipinski definition) is 3. The van der Waals surface area contributed by atoms with Crippen LogP contribution in [0.25, 0.3) is 0 Å². The number of amides is 1. The monoisotopic (exact) mass is 388 g/mol. The van der Waals surface area contributed by atoms with Gasteiger partial charge in [0, 0.05) is 19.1 Å². The summed E-state index contributed by atoms with van der Waals surface area (Å²) in [5.41, 5.74) is 3.03. The highest BCUT2D eigenvalue weighted by atomic mass is 16.3. The first-order valence-corrected chi connectivity index (χ1v) is 9.99. The highest BCUT2D eigenvalue weighted by molar-refractivity contribution is 5.87. The SMILES string of the molecule is C[C@H](NCC(O)CNC(=O)C(c1ccccc1)c1ccccc1)c1ccccc1. The summed E-state index contributed by atoms with van der Waals surface area (Å²) in [6.45, 7) is 2.66. The second-order valence-electron chi connectivity index (χ2n) is 7.19. The van der Waals surface area contributed by atoms with Crippen LogP contribution in [0.5, 0.6) is 0 Å². The molecule has 0 saturated carbocycles. The highest BCUT2D eigenvalue weighted by Crippen LogP contribution is 2.24. The van der Waals surface area contributed by atoms with Gasteiger partial charge in [-0.2, -0.15) is 0 Å². The first-order chi connectivity index (χ1) is 14.1. The van der Waals surface area contributed by atoms with E-state index >= 15 is 0 Å². The second-order valence-corrected chi connectivity index (χ2v) is 7.19. The Morgan fingerprint density at radius 3 is 1.69 bits per heavy atom. The van der Waals surface area contributed by atoms with Crippen molar-refractivity contribution in [3.05, 3.63) is 108 Å². The number of aliphatic hydroxyl groups is 1. The van der Waals surface area contributed by atoms with E-state index in [1.165, 1.54) is 0 Å². The van der Waals surface area contributed by atoms with Crippen molar-refractivity contribution in [3.63, 3.8) is 0 Å². The van der Waals surface area contributed by atoms with Gasteiger partial charge in [0.2, 0.25) is 5.91 Å². The maximum Gasteiger partial charge on any atom is 0.232 e. The van der Waals surface area contributed by atoms with Gasteiger partial charge in [0.05, 0.1) is 12.0 Å². The van der Waals surface area contributed by atoms with E-state index in [-0.39, 0.29) is 18.5 Å². The topological polar surface area (TPSA) is 61.4 Å². The fourth-order valence-electron chi connectivity index (χ4n) is 3.35. The van der Waals surface area contributed by atoms with Crippen LogP contribution in [0.15, 0.2) is 91.0 Å². The third-order valence-electron chi connectivity index (χ3n) is 5.00. The molecule has 0 saturated heterocycles. The third kappa shape index (κ3) is 6.01. The summed E-state index contributed by atoms with van der Waals surface area (Å²) in [6, 6.07) is 29.6. The predicted octanol–water partition coefficient (Wildman–Crippen LogP) is 3.65. The van der Waals surface area contributed by atoms with Gasteiger partial charge in [0.1, 0.15) is 0 Å². The zero-order valence-electron chi connectivity index (χ0n) is 16.7. The molecule has 0 aromatic heterocycles. The van der Waals surface area contributed by atoms with E-state index in [0.29, 0.717) is 6.54 Å². The highest BCUT2D eigenvalue weighted by Gasteiger charge is 2.23. The van der Waals surface area contributed by atoms with Crippen LogP contribution in [0.1, 0.15) is 35.6 Å².